The summed E-state index contributed by atoms with van der Waals surface area (Å²) in [5.41, 5.74) is -0.305. The molecule has 0 saturated carbocycles. The third kappa shape index (κ3) is 1.42. The standard InChI is InChI=1S/C12H12FNO3/c1-5(2)14-11(16)8-7(13)4-6(3)10(15)9(8)12(14)17/h4-5,15H,1-3H3. The van der Waals surface area contributed by atoms with Gasteiger partial charge in [-0.05, 0) is 32.4 Å². The second-order valence-electron chi connectivity index (χ2n) is 4.35. The second kappa shape index (κ2) is 3.55. The molecule has 0 atom stereocenters. The van der Waals surface area contributed by atoms with Gasteiger partial charge in [-0.1, -0.05) is 0 Å². The molecular formula is C12H12FNO3. The third-order valence-electron chi connectivity index (χ3n) is 2.82. The lowest BCUT2D eigenvalue weighted by Crippen LogP contribution is -2.36. The Morgan fingerprint density at radius 1 is 1.24 bits per heavy atom. The molecule has 0 aromatic heterocycles. The summed E-state index contributed by atoms with van der Waals surface area (Å²) in [6.45, 7) is 4.79. The Bertz CT molecular complexity index is 537. The van der Waals surface area contributed by atoms with Gasteiger partial charge in [0.2, 0.25) is 0 Å². The second-order valence-corrected chi connectivity index (χ2v) is 4.35. The molecular weight excluding hydrogens is 225 g/mol. The molecule has 1 N–H and O–H groups in total. The van der Waals surface area contributed by atoms with Crippen molar-refractivity contribution >= 4 is 11.8 Å². The summed E-state index contributed by atoms with van der Waals surface area (Å²) in [6, 6.07) is 0.685. The lowest BCUT2D eigenvalue weighted by atomic mass is 10.0. The molecule has 0 spiro atoms. The highest BCUT2D eigenvalue weighted by Gasteiger charge is 2.42. The number of benzene rings is 1. The molecule has 0 aliphatic carbocycles. The van der Waals surface area contributed by atoms with Gasteiger partial charge in [-0.2, -0.15) is 0 Å². The quantitative estimate of drug-likeness (QED) is 0.758. The maximum atomic E-state index is 13.7. The SMILES string of the molecule is Cc1cc(F)c2c(c1O)C(=O)N(C(C)C)C2=O. The minimum absolute atomic E-state index is 0.221. The van der Waals surface area contributed by atoms with Crippen molar-refractivity contribution < 1.29 is 19.1 Å². The maximum Gasteiger partial charge on any atom is 0.265 e. The molecule has 2 amide bonds. The minimum atomic E-state index is -0.767. The Hall–Kier alpha value is -1.91. The molecule has 0 radical (unpaired) electrons. The molecule has 4 nitrogen and oxygen atoms in total. The van der Waals surface area contributed by atoms with Crippen LogP contribution >= 0.6 is 0 Å². The van der Waals surface area contributed by atoms with Gasteiger partial charge in [0.25, 0.3) is 11.8 Å². The lowest BCUT2D eigenvalue weighted by Gasteiger charge is -2.17. The zero-order chi connectivity index (χ0) is 12.9. The van der Waals surface area contributed by atoms with Gasteiger partial charge in [0.05, 0.1) is 11.1 Å². The first-order valence-corrected chi connectivity index (χ1v) is 5.26. The van der Waals surface area contributed by atoms with Crippen molar-refractivity contribution in [3.05, 3.63) is 28.6 Å². The number of aromatic hydroxyl groups is 1. The molecule has 1 aliphatic rings. The van der Waals surface area contributed by atoms with Crippen LogP contribution in [-0.4, -0.2) is 27.9 Å². The third-order valence-corrected chi connectivity index (χ3v) is 2.82. The first-order chi connectivity index (χ1) is 7.86. The van der Waals surface area contributed by atoms with Crippen molar-refractivity contribution in [1.29, 1.82) is 0 Å². The van der Waals surface area contributed by atoms with Gasteiger partial charge in [0, 0.05) is 6.04 Å². The Morgan fingerprint density at radius 2 is 1.76 bits per heavy atom. The first-order valence-electron chi connectivity index (χ1n) is 5.26. The molecule has 1 aromatic carbocycles. The van der Waals surface area contributed by atoms with Gasteiger partial charge in [-0.3, -0.25) is 14.5 Å². The van der Waals surface area contributed by atoms with Crippen LogP contribution in [0, 0.1) is 12.7 Å². The molecule has 0 fully saturated rings. The summed E-state index contributed by atoms with van der Waals surface area (Å²) in [5, 5.41) is 9.76. The van der Waals surface area contributed by atoms with Crippen LogP contribution in [0.3, 0.4) is 0 Å². The van der Waals surface area contributed by atoms with Crippen LogP contribution in [0.15, 0.2) is 6.07 Å². The number of nitrogens with zero attached hydrogens (tertiary/aromatic N) is 1. The van der Waals surface area contributed by atoms with Gasteiger partial charge < -0.3 is 5.11 Å². The number of hydrogen-bond acceptors (Lipinski definition) is 3. The molecule has 1 aliphatic heterocycles. The van der Waals surface area contributed by atoms with E-state index < -0.39 is 17.6 Å². The Kier molecular flexibility index (Phi) is 2.41. The van der Waals surface area contributed by atoms with Crippen molar-refractivity contribution in [3.8, 4) is 5.75 Å². The van der Waals surface area contributed by atoms with Gasteiger partial charge in [-0.25, -0.2) is 4.39 Å². The largest absolute Gasteiger partial charge is 0.507 e. The summed E-state index contributed by atoms with van der Waals surface area (Å²) in [6.07, 6.45) is 0. The number of hydrogen-bond donors (Lipinski definition) is 1. The first kappa shape index (κ1) is 11.6. The number of fused-ring (bicyclic) bond motifs is 1. The van der Waals surface area contributed by atoms with Crippen LogP contribution in [-0.2, 0) is 0 Å². The van der Waals surface area contributed by atoms with Gasteiger partial charge in [0.1, 0.15) is 11.6 Å². The van der Waals surface area contributed by atoms with E-state index in [1.54, 1.807) is 13.8 Å². The average Bonchev–Trinajstić information content (AvgIpc) is 2.47. The van der Waals surface area contributed by atoms with E-state index in [-0.39, 0.29) is 28.5 Å². The number of rotatable bonds is 1. The van der Waals surface area contributed by atoms with E-state index in [1.807, 2.05) is 0 Å². The number of halogens is 1. The Labute approximate surface area is 97.7 Å². The van der Waals surface area contributed by atoms with Crippen LogP contribution in [0.4, 0.5) is 4.39 Å². The Balaban J connectivity index is 2.74. The fraction of sp³-hybridized carbons (Fsp3) is 0.333. The van der Waals surface area contributed by atoms with Crippen molar-refractivity contribution in [3.63, 3.8) is 0 Å². The molecule has 0 saturated heterocycles. The van der Waals surface area contributed by atoms with Gasteiger partial charge >= 0.3 is 0 Å². The fourth-order valence-corrected chi connectivity index (χ4v) is 1.99. The number of phenolic OH excluding ortho intramolecular Hbond substituents is 1. The van der Waals surface area contributed by atoms with Crippen molar-refractivity contribution in [2.24, 2.45) is 0 Å². The Morgan fingerprint density at radius 3 is 2.29 bits per heavy atom. The van der Waals surface area contributed by atoms with Crippen molar-refractivity contribution in [1.82, 2.24) is 4.90 Å². The summed E-state index contributed by atoms with van der Waals surface area (Å²) < 4.78 is 13.7. The van der Waals surface area contributed by atoms with Crippen LogP contribution in [0.25, 0.3) is 0 Å². The zero-order valence-corrected chi connectivity index (χ0v) is 9.74. The molecule has 90 valence electrons. The molecule has 5 heteroatoms. The molecule has 17 heavy (non-hydrogen) atoms. The fourth-order valence-electron chi connectivity index (χ4n) is 1.99. The average molecular weight is 237 g/mol. The number of phenols is 1. The number of amides is 2. The van der Waals surface area contributed by atoms with E-state index >= 15 is 0 Å². The number of carbonyl (C=O) groups excluding carboxylic acids is 2. The van der Waals surface area contributed by atoms with E-state index in [2.05, 4.69) is 0 Å². The lowest BCUT2D eigenvalue weighted by molar-refractivity contribution is 0.0607. The predicted octanol–water partition coefficient (Wildman–Crippen LogP) is 1.84. The van der Waals surface area contributed by atoms with Crippen LogP contribution in [0.1, 0.15) is 40.1 Å². The monoisotopic (exact) mass is 237 g/mol. The van der Waals surface area contributed by atoms with Crippen LogP contribution in [0.2, 0.25) is 0 Å². The van der Waals surface area contributed by atoms with E-state index in [0.717, 1.165) is 11.0 Å². The van der Waals surface area contributed by atoms with Crippen LogP contribution < -0.4 is 0 Å². The highest BCUT2D eigenvalue weighted by atomic mass is 19.1. The van der Waals surface area contributed by atoms with E-state index in [9.17, 15) is 19.1 Å². The number of aryl methyl sites for hydroxylation is 1. The van der Waals surface area contributed by atoms with Crippen LogP contribution in [0.5, 0.6) is 5.75 Å². The predicted molar refractivity (Wildman–Crippen MR) is 58.4 cm³/mol. The topological polar surface area (TPSA) is 57.6 Å². The van der Waals surface area contributed by atoms with Gasteiger partial charge in [-0.15, -0.1) is 0 Å². The summed E-state index contributed by atoms with van der Waals surface area (Å²) in [5.74, 6) is -2.41. The molecule has 2 rings (SSSR count). The van der Waals surface area contributed by atoms with Crippen molar-refractivity contribution in [2.75, 3.05) is 0 Å². The van der Waals surface area contributed by atoms with E-state index in [1.165, 1.54) is 6.92 Å². The van der Waals surface area contributed by atoms with E-state index in [0.29, 0.717) is 0 Å². The summed E-state index contributed by atoms with van der Waals surface area (Å²) in [4.78, 5) is 24.8. The normalized spacial score (nSPS) is 14.8. The van der Waals surface area contributed by atoms with Gasteiger partial charge in [0.15, 0.2) is 0 Å². The highest BCUT2D eigenvalue weighted by molar-refractivity contribution is 6.23. The molecule has 0 bridgehead atoms. The molecule has 1 aromatic rings. The van der Waals surface area contributed by atoms with Crippen molar-refractivity contribution in [2.45, 2.75) is 26.8 Å². The highest BCUT2D eigenvalue weighted by Crippen LogP contribution is 2.35. The number of carbonyl (C=O) groups is 2. The zero-order valence-electron chi connectivity index (χ0n) is 9.74. The molecule has 1 heterocycles. The number of imide groups is 1. The van der Waals surface area contributed by atoms with E-state index in [4.69, 9.17) is 0 Å². The summed E-state index contributed by atoms with van der Waals surface area (Å²) in [7, 11) is 0. The minimum Gasteiger partial charge on any atom is -0.507 e. The maximum absolute atomic E-state index is 13.7. The smallest absolute Gasteiger partial charge is 0.265 e. The molecule has 0 unspecified atom stereocenters. The summed E-state index contributed by atoms with van der Waals surface area (Å²) >= 11 is 0.